The third kappa shape index (κ3) is 1.58. The molecule has 0 radical (unpaired) electrons. The molecule has 0 atom stereocenters. The van der Waals surface area contributed by atoms with Crippen LogP contribution in [0.5, 0.6) is 0 Å². The molecule has 15 heavy (non-hydrogen) atoms. The second kappa shape index (κ2) is 3.71. The molecule has 0 aliphatic carbocycles. The largest absolute Gasteiger partial charge is 0.309 e. The molecule has 0 saturated carbocycles. The Labute approximate surface area is 90.8 Å². The molecule has 0 aliphatic heterocycles. The van der Waals surface area contributed by atoms with Crippen molar-refractivity contribution in [3.8, 4) is 16.6 Å². The van der Waals surface area contributed by atoms with Gasteiger partial charge in [-0.3, -0.25) is 4.79 Å². The molecule has 0 saturated heterocycles. The smallest absolute Gasteiger partial charge is 0.268 e. The van der Waals surface area contributed by atoms with Gasteiger partial charge in [0.2, 0.25) is 0 Å². The van der Waals surface area contributed by atoms with Gasteiger partial charge >= 0.3 is 0 Å². The number of hydrogen-bond donors (Lipinski definition) is 0. The van der Waals surface area contributed by atoms with Gasteiger partial charge in [0.15, 0.2) is 0 Å². The van der Waals surface area contributed by atoms with Crippen LogP contribution in [-0.2, 0) is 7.05 Å². The molecule has 0 N–H and O–H groups in total. The molecular formula is C11H8N2OS. The van der Waals surface area contributed by atoms with Gasteiger partial charge < -0.3 is 4.57 Å². The summed E-state index contributed by atoms with van der Waals surface area (Å²) >= 11 is 1.57. The highest BCUT2D eigenvalue weighted by Gasteiger charge is 2.07. The van der Waals surface area contributed by atoms with Gasteiger partial charge in [0, 0.05) is 7.05 Å². The monoisotopic (exact) mass is 216 g/mol. The van der Waals surface area contributed by atoms with Gasteiger partial charge in [0.25, 0.3) is 5.56 Å². The Kier molecular flexibility index (Phi) is 2.40. The van der Waals surface area contributed by atoms with Crippen LogP contribution in [0, 0.1) is 11.3 Å². The van der Waals surface area contributed by atoms with E-state index in [1.165, 1.54) is 4.57 Å². The van der Waals surface area contributed by atoms with E-state index in [1.54, 1.807) is 30.5 Å². The second-order valence-corrected chi connectivity index (χ2v) is 4.03. The summed E-state index contributed by atoms with van der Waals surface area (Å²) in [6.07, 6.45) is 0. The maximum atomic E-state index is 11.7. The summed E-state index contributed by atoms with van der Waals surface area (Å²) in [5.74, 6) is 0. The van der Waals surface area contributed by atoms with Crippen LogP contribution in [0.15, 0.2) is 34.4 Å². The van der Waals surface area contributed by atoms with Crippen molar-refractivity contribution in [3.05, 3.63) is 45.6 Å². The molecule has 0 amide bonds. The topological polar surface area (TPSA) is 45.8 Å². The van der Waals surface area contributed by atoms with Crippen molar-refractivity contribution in [2.75, 3.05) is 0 Å². The van der Waals surface area contributed by atoms with E-state index < -0.39 is 0 Å². The molecule has 3 nitrogen and oxygen atoms in total. The number of thiophene rings is 1. The van der Waals surface area contributed by atoms with Gasteiger partial charge in [0.05, 0.1) is 10.6 Å². The quantitative estimate of drug-likeness (QED) is 0.731. The fourth-order valence-corrected chi connectivity index (χ4v) is 2.18. The highest BCUT2D eigenvalue weighted by atomic mass is 32.1. The van der Waals surface area contributed by atoms with E-state index in [2.05, 4.69) is 0 Å². The summed E-state index contributed by atoms with van der Waals surface area (Å²) in [6, 6.07) is 9.13. The number of hydrogen-bond acceptors (Lipinski definition) is 3. The Hall–Kier alpha value is -1.86. The predicted molar refractivity (Wildman–Crippen MR) is 59.7 cm³/mol. The first-order valence-corrected chi connectivity index (χ1v) is 5.26. The van der Waals surface area contributed by atoms with E-state index in [1.807, 2.05) is 23.6 Å². The molecule has 2 heterocycles. The molecule has 0 aromatic carbocycles. The van der Waals surface area contributed by atoms with Crippen LogP contribution in [0.1, 0.15) is 5.56 Å². The maximum Gasteiger partial charge on any atom is 0.268 e. The maximum absolute atomic E-state index is 11.7. The van der Waals surface area contributed by atoms with Crippen molar-refractivity contribution in [3.63, 3.8) is 0 Å². The highest BCUT2D eigenvalue weighted by Crippen LogP contribution is 2.22. The van der Waals surface area contributed by atoms with Crippen molar-refractivity contribution in [1.82, 2.24) is 4.57 Å². The molecule has 0 fully saturated rings. The van der Waals surface area contributed by atoms with Crippen LogP contribution >= 0.6 is 11.3 Å². The lowest BCUT2D eigenvalue weighted by Gasteiger charge is -2.05. The van der Waals surface area contributed by atoms with E-state index in [0.717, 1.165) is 10.6 Å². The zero-order valence-electron chi connectivity index (χ0n) is 8.10. The second-order valence-electron chi connectivity index (χ2n) is 3.09. The van der Waals surface area contributed by atoms with Gasteiger partial charge in [-0.2, -0.15) is 5.26 Å². The Morgan fingerprint density at radius 2 is 2.20 bits per heavy atom. The summed E-state index contributed by atoms with van der Waals surface area (Å²) in [5.41, 5.74) is 0.773. The third-order valence-electron chi connectivity index (χ3n) is 2.20. The summed E-state index contributed by atoms with van der Waals surface area (Å²) in [5, 5.41) is 10.7. The van der Waals surface area contributed by atoms with E-state index >= 15 is 0 Å². The zero-order chi connectivity index (χ0) is 10.8. The standard InChI is InChI=1S/C11H8N2OS/c1-13-9(10-3-2-6-15-10)5-4-8(7-12)11(13)14/h2-6H,1H3. The summed E-state index contributed by atoms with van der Waals surface area (Å²) in [6.45, 7) is 0. The fraction of sp³-hybridized carbons (Fsp3) is 0.0909. The molecule has 2 aromatic heterocycles. The lowest BCUT2D eigenvalue weighted by atomic mass is 10.2. The summed E-state index contributed by atoms with van der Waals surface area (Å²) in [4.78, 5) is 12.7. The molecule has 74 valence electrons. The number of aromatic nitrogens is 1. The molecule has 0 spiro atoms. The average Bonchev–Trinajstić information content (AvgIpc) is 2.75. The molecule has 2 rings (SSSR count). The van der Waals surface area contributed by atoms with Crippen molar-refractivity contribution in [1.29, 1.82) is 5.26 Å². The molecule has 4 heteroatoms. The Morgan fingerprint density at radius 3 is 2.80 bits per heavy atom. The molecule has 0 aliphatic rings. The Bertz CT molecular complexity index is 576. The first-order valence-electron chi connectivity index (χ1n) is 4.38. The van der Waals surface area contributed by atoms with Gasteiger partial charge in [0.1, 0.15) is 11.6 Å². The lowest BCUT2D eigenvalue weighted by molar-refractivity contribution is 0.868. The van der Waals surface area contributed by atoms with Crippen LogP contribution in [0.2, 0.25) is 0 Å². The normalized spacial score (nSPS) is 9.87. The van der Waals surface area contributed by atoms with Crippen molar-refractivity contribution in [2.24, 2.45) is 7.05 Å². The number of pyridine rings is 1. The SMILES string of the molecule is Cn1c(-c2cccs2)ccc(C#N)c1=O. The van der Waals surface area contributed by atoms with Gasteiger partial charge in [-0.05, 0) is 23.6 Å². The lowest BCUT2D eigenvalue weighted by Crippen LogP contribution is -2.20. The van der Waals surface area contributed by atoms with Crippen molar-refractivity contribution >= 4 is 11.3 Å². The average molecular weight is 216 g/mol. The zero-order valence-corrected chi connectivity index (χ0v) is 8.91. The molecular weight excluding hydrogens is 208 g/mol. The molecule has 0 unspecified atom stereocenters. The van der Waals surface area contributed by atoms with E-state index in [-0.39, 0.29) is 11.1 Å². The predicted octanol–water partition coefficient (Wildman–Crippen LogP) is 1.99. The van der Waals surface area contributed by atoms with Crippen LogP contribution in [0.25, 0.3) is 10.6 Å². The van der Waals surface area contributed by atoms with Crippen LogP contribution in [-0.4, -0.2) is 4.57 Å². The van der Waals surface area contributed by atoms with E-state index in [0.29, 0.717) is 0 Å². The third-order valence-corrected chi connectivity index (χ3v) is 3.09. The minimum absolute atomic E-state index is 0.179. The Morgan fingerprint density at radius 1 is 1.40 bits per heavy atom. The molecule has 2 aromatic rings. The number of nitriles is 1. The van der Waals surface area contributed by atoms with Crippen LogP contribution in [0.3, 0.4) is 0 Å². The molecule has 0 bridgehead atoms. The van der Waals surface area contributed by atoms with Crippen molar-refractivity contribution in [2.45, 2.75) is 0 Å². The minimum atomic E-state index is -0.247. The van der Waals surface area contributed by atoms with Gasteiger partial charge in [-0.25, -0.2) is 0 Å². The number of rotatable bonds is 1. The van der Waals surface area contributed by atoms with E-state index in [4.69, 9.17) is 5.26 Å². The first-order chi connectivity index (χ1) is 7.24. The highest BCUT2D eigenvalue weighted by molar-refractivity contribution is 7.13. The Balaban J connectivity index is 2.68. The minimum Gasteiger partial charge on any atom is -0.309 e. The van der Waals surface area contributed by atoms with Crippen LogP contribution in [0.4, 0.5) is 0 Å². The van der Waals surface area contributed by atoms with Gasteiger partial charge in [-0.1, -0.05) is 6.07 Å². The number of nitrogens with zero attached hydrogens (tertiary/aromatic N) is 2. The summed E-state index contributed by atoms with van der Waals surface area (Å²) < 4.78 is 1.50. The first kappa shape index (κ1) is 9.69. The summed E-state index contributed by atoms with van der Waals surface area (Å²) in [7, 11) is 1.68. The van der Waals surface area contributed by atoms with E-state index in [9.17, 15) is 4.79 Å². The fourth-order valence-electron chi connectivity index (χ4n) is 1.39. The van der Waals surface area contributed by atoms with Crippen molar-refractivity contribution < 1.29 is 0 Å². The van der Waals surface area contributed by atoms with Gasteiger partial charge in [-0.15, -0.1) is 11.3 Å². The van der Waals surface area contributed by atoms with Crippen LogP contribution < -0.4 is 5.56 Å².